The molecule has 0 unspecified atom stereocenters. The van der Waals surface area contributed by atoms with Crippen molar-refractivity contribution in [2.45, 2.75) is 13.5 Å². The molecule has 0 aromatic carbocycles. The molecule has 0 amide bonds. The molecule has 1 aromatic rings. The van der Waals surface area contributed by atoms with E-state index in [0.717, 1.165) is 38.5 Å². The summed E-state index contributed by atoms with van der Waals surface area (Å²) in [5.41, 5.74) is 6.82. The third-order valence-electron chi connectivity index (χ3n) is 3.40. The highest BCUT2D eigenvalue weighted by molar-refractivity contribution is 7.80. The van der Waals surface area contributed by atoms with E-state index in [1.54, 1.807) is 10.6 Å². The van der Waals surface area contributed by atoms with Gasteiger partial charge in [0.15, 0.2) is 0 Å². The summed E-state index contributed by atoms with van der Waals surface area (Å²) >= 11 is 4.90. The number of morpholine rings is 1. The molecule has 0 aliphatic carbocycles. The number of aryl methyl sites for hydroxylation is 1. The number of thiocarbonyl (C=S) groups is 1. The van der Waals surface area contributed by atoms with Crippen molar-refractivity contribution in [2.75, 3.05) is 32.8 Å². The van der Waals surface area contributed by atoms with E-state index in [1.807, 2.05) is 13.0 Å². The summed E-state index contributed by atoms with van der Waals surface area (Å²) in [6.45, 7) is 6.78. The second-order valence-corrected chi connectivity index (χ2v) is 5.10. The van der Waals surface area contributed by atoms with E-state index in [9.17, 15) is 4.79 Å². The van der Waals surface area contributed by atoms with Crippen molar-refractivity contribution in [3.63, 3.8) is 0 Å². The van der Waals surface area contributed by atoms with Gasteiger partial charge in [-0.25, -0.2) is 0 Å². The minimum atomic E-state index is -0.0965. The quantitative estimate of drug-likeness (QED) is 0.795. The summed E-state index contributed by atoms with van der Waals surface area (Å²) in [5, 5.41) is 0. The molecule has 0 atom stereocenters. The lowest BCUT2D eigenvalue weighted by Gasteiger charge is -2.27. The van der Waals surface area contributed by atoms with Gasteiger partial charge in [0.1, 0.15) is 4.99 Å². The Hall–Kier alpha value is -1.24. The molecule has 1 saturated heterocycles. The lowest BCUT2D eigenvalue weighted by atomic mass is 10.2. The standard InChI is InChI=1S/C13H19N3O2S/c1-10-2-3-11(12(14)19)13(17)16(10)5-4-15-6-8-18-9-7-15/h2-3H,4-9H2,1H3,(H2,14,19). The first-order chi connectivity index (χ1) is 9.09. The Morgan fingerprint density at radius 3 is 2.68 bits per heavy atom. The van der Waals surface area contributed by atoms with Crippen molar-refractivity contribution in [3.05, 3.63) is 33.7 Å². The average molecular weight is 281 g/mol. The van der Waals surface area contributed by atoms with Crippen LogP contribution in [-0.2, 0) is 11.3 Å². The fourth-order valence-electron chi connectivity index (χ4n) is 2.20. The minimum absolute atomic E-state index is 0.0965. The van der Waals surface area contributed by atoms with Crippen LogP contribution < -0.4 is 11.3 Å². The predicted octanol–water partition coefficient (Wildman–Crippen LogP) is 0.123. The van der Waals surface area contributed by atoms with E-state index in [0.29, 0.717) is 12.1 Å². The highest BCUT2D eigenvalue weighted by atomic mass is 32.1. The third-order valence-corrected chi connectivity index (χ3v) is 3.62. The Morgan fingerprint density at radius 2 is 2.05 bits per heavy atom. The molecule has 2 heterocycles. The maximum Gasteiger partial charge on any atom is 0.261 e. The van der Waals surface area contributed by atoms with Gasteiger partial charge in [-0.1, -0.05) is 12.2 Å². The van der Waals surface area contributed by atoms with Gasteiger partial charge < -0.3 is 15.0 Å². The lowest BCUT2D eigenvalue weighted by Crippen LogP contribution is -2.40. The van der Waals surface area contributed by atoms with Crippen LogP contribution in [0.4, 0.5) is 0 Å². The van der Waals surface area contributed by atoms with Crippen molar-refractivity contribution in [3.8, 4) is 0 Å². The second-order valence-electron chi connectivity index (χ2n) is 4.66. The number of pyridine rings is 1. The largest absolute Gasteiger partial charge is 0.389 e. The Kier molecular flexibility index (Phi) is 4.68. The van der Waals surface area contributed by atoms with E-state index >= 15 is 0 Å². The van der Waals surface area contributed by atoms with Gasteiger partial charge in [-0.2, -0.15) is 0 Å². The maximum absolute atomic E-state index is 12.3. The Labute approximate surface area is 118 Å². The molecule has 1 aliphatic rings. The van der Waals surface area contributed by atoms with E-state index in [4.69, 9.17) is 22.7 Å². The topological polar surface area (TPSA) is 60.5 Å². The van der Waals surface area contributed by atoms with Gasteiger partial charge in [-0.3, -0.25) is 9.69 Å². The van der Waals surface area contributed by atoms with E-state index in [2.05, 4.69) is 4.90 Å². The molecular weight excluding hydrogens is 262 g/mol. The molecule has 1 aliphatic heterocycles. The van der Waals surface area contributed by atoms with Gasteiger partial charge in [-0.05, 0) is 19.1 Å². The SMILES string of the molecule is Cc1ccc(C(N)=S)c(=O)n1CCN1CCOCC1. The number of nitrogens with zero attached hydrogens (tertiary/aromatic N) is 2. The molecule has 1 fully saturated rings. The van der Waals surface area contributed by atoms with Gasteiger partial charge in [-0.15, -0.1) is 0 Å². The van der Waals surface area contributed by atoms with E-state index in [1.165, 1.54) is 0 Å². The zero-order valence-corrected chi connectivity index (χ0v) is 11.9. The van der Waals surface area contributed by atoms with Gasteiger partial charge in [0.2, 0.25) is 0 Å². The van der Waals surface area contributed by atoms with Crippen molar-refractivity contribution in [1.82, 2.24) is 9.47 Å². The molecule has 0 spiro atoms. The first kappa shape index (κ1) is 14.2. The molecule has 0 bridgehead atoms. The normalized spacial score (nSPS) is 16.5. The van der Waals surface area contributed by atoms with Crippen molar-refractivity contribution < 1.29 is 4.74 Å². The number of rotatable bonds is 4. The summed E-state index contributed by atoms with van der Waals surface area (Å²) in [4.78, 5) is 14.7. The van der Waals surface area contributed by atoms with Crippen LogP contribution in [0.15, 0.2) is 16.9 Å². The summed E-state index contributed by atoms with van der Waals surface area (Å²) in [7, 11) is 0. The Balaban J connectivity index is 2.12. The maximum atomic E-state index is 12.3. The van der Waals surface area contributed by atoms with E-state index in [-0.39, 0.29) is 10.5 Å². The molecule has 19 heavy (non-hydrogen) atoms. The highest BCUT2D eigenvalue weighted by Crippen LogP contribution is 2.01. The van der Waals surface area contributed by atoms with Crippen molar-refractivity contribution >= 4 is 17.2 Å². The van der Waals surface area contributed by atoms with Crippen LogP contribution in [-0.4, -0.2) is 47.3 Å². The number of nitrogens with two attached hydrogens (primary N) is 1. The lowest BCUT2D eigenvalue weighted by molar-refractivity contribution is 0.0362. The van der Waals surface area contributed by atoms with Crippen LogP contribution in [0.25, 0.3) is 0 Å². The van der Waals surface area contributed by atoms with Gasteiger partial charge >= 0.3 is 0 Å². The molecule has 0 radical (unpaired) electrons. The summed E-state index contributed by atoms with van der Waals surface area (Å²) in [6, 6.07) is 3.58. The number of aromatic nitrogens is 1. The van der Waals surface area contributed by atoms with Crippen molar-refractivity contribution in [1.29, 1.82) is 0 Å². The molecule has 6 heteroatoms. The Bertz CT molecular complexity index is 521. The van der Waals surface area contributed by atoms with Crippen LogP contribution in [0.5, 0.6) is 0 Å². The monoisotopic (exact) mass is 281 g/mol. The highest BCUT2D eigenvalue weighted by Gasteiger charge is 2.12. The third kappa shape index (κ3) is 3.40. The average Bonchev–Trinajstić information content (AvgIpc) is 2.39. The summed E-state index contributed by atoms with van der Waals surface area (Å²) < 4.78 is 7.05. The fourth-order valence-corrected chi connectivity index (χ4v) is 2.36. The zero-order chi connectivity index (χ0) is 13.8. The van der Waals surface area contributed by atoms with E-state index < -0.39 is 0 Å². The molecule has 2 rings (SSSR count). The molecule has 2 N–H and O–H groups in total. The van der Waals surface area contributed by atoms with Crippen LogP contribution in [0.3, 0.4) is 0 Å². The summed E-state index contributed by atoms with van der Waals surface area (Å²) in [5.74, 6) is 0. The number of hydrogen-bond acceptors (Lipinski definition) is 4. The van der Waals surface area contributed by atoms with Gasteiger partial charge in [0.05, 0.1) is 18.8 Å². The van der Waals surface area contributed by atoms with Crippen LogP contribution in [0.1, 0.15) is 11.3 Å². The van der Waals surface area contributed by atoms with Gasteiger partial charge in [0, 0.05) is 31.9 Å². The predicted molar refractivity (Wildman–Crippen MR) is 78.6 cm³/mol. The first-order valence-electron chi connectivity index (χ1n) is 6.40. The zero-order valence-electron chi connectivity index (χ0n) is 11.1. The molecule has 5 nitrogen and oxygen atoms in total. The van der Waals surface area contributed by atoms with Crippen LogP contribution >= 0.6 is 12.2 Å². The molecule has 0 saturated carbocycles. The van der Waals surface area contributed by atoms with Crippen LogP contribution in [0.2, 0.25) is 0 Å². The fraction of sp³-hybridized carbons (Fsp3) is 0.538. The van der Waals surface area contributed by atoms with Crippen LogP contribution in [0, 0.1) is 6.92 Å². The first-order valence-corrected chi connectivity index (χ1v) is 6.81. The molecular formula is C13H19N3O2S. The minimum Gasteiger partial charge on any atom is -0.389 e. The summed E-state index contributed by atoms with van der Waals surface area (Å²) in [6.07, 6.45) is 0. The molecule has 104 valence electrons. The van der Waals surface area contributed by atoms with Crippen molar-refractivity contribution in [2.24, 2.45) is 5.73 Å². The Morgan fingerprint density at radius 1 is 1.37 bits per heavy atom. The second kappa shape index (κ2) is 6.27. The smallest absolute Gasteiger partial charge is 0.261 e. The molecule has 1 aromatic heterocycles. The number of hydrogen-bond donors (Lipinski definition) is 1. The van der Waals surface area contributed by atoms with Gasteiger partial charge in [0.25, 0.3) is 5.56 Å². The number of ether oxygens (including phenoxy) is 1.